The van der Waals surface area contributed by atoms with Crippen LogP contribution < -0.4 is 5.32 Å². The molecule has 1 aliphatic carbocycles. The second-order valence-corrected chi connectivity index (χ2v) is 10.6. The first-order valence-electron chi connectivity index (χ1n) is 12.5. The molecule has 11 nitrogen and oxygen atoms in total. The van der Waals surface area contributed by atoms with Crippen LogP contribution in [0.15, 0.2) is 48.5 Å². The maximum Gasteiger partial charge on any atom is 0.360 e. The van der Waals surface area contributed by atoms with Gasteiger partial charge in [-0.1, -0.05) is 61.4 Å². The van der Waals surface area contributed by atoms with E-state index in [-0.39, 0.29) is 23.1 Å². The summed E-state index contributed by atoms with van der Waals surface area (Å²) >= 11 is 0. The van der Waals surface area contributed by atoms with Crippen molar-refractivity contribution in [1.82, 2.24) is 5.32 Å². The van der Waals surface area contributed by atoms with Crippen LogP contribution in [0.5, 0.6) is 0 Å². The fourth-order valence-electron chi connectivity index (χ4n) is 5.05. The molecule has 2 aliphatic rings. The topological polar surface area (TPSA) is 177 Å². The van der Waals surface area contributed by atoms with Crippen molar-refractivity contribution in [3.63, 3.8) is 0 Å². The summed E-state index contributed by atoms with van der Waals surface area (Å²) in [5, 5.41) is 32.1. The van der Waals surface area contributed by atoms with Crippen molar-refractivity contribution < 1.29 is 48.8 Å². The lowest BCUT2D eigenvalue weighted by Crippen LogP contribution is -2.61. The van der Waals surface area contributed by atoms with Crippen LogP contribution in [0, 0.1) is 31.1 Å². The summed E-state index contributed by atoms with van der Waals surface area (Å²) < 4.78 is 9.60. The number of carbonyl (C=O) groups is 5. The van der Waals surface area contributed by atoms with Crippen LogP contribution >= 0.6 is 0 Å². The number of nitrogens with one attached hydrogen (secondary N) is 1. The molecule has 0 radical (unpaired) electrons. The van der Waals surface area contributed by atoms with Gasteiger partial charge in [-0.25, -0.2) is 14.4 Å². The van der Waals surface area contributed by atoms with Gasteiger partial charge in [0.1, 0.15) is 6.04 Å². The number of carbonyl (C=O) groups excluding carboxylic acids is 3. The first kappa shape index (κ1) is 30.5. The van der Waals surface area contributed by atoms with E-state index in [9.17, 15) is 34.2 Å². The molecule has 2 fully saturated rings. The van der Waals surface area contributed by atoms with Gasteiger partial charge in [0.2, 0.25) is 11.9 Å². The molecule has 5 atom stereocenters. The Morgan fingerprint density at radius 3 is 1.82 bits per heavy atom. The highest BCUT2D eigenvalue weighted by Gasteiger charge is 2.66. The number of methoxy groups -OCH3 is 1. The molecule has 0 aromatic heterocycles. The van der Waals surface area contributed by atoms with Gasteiger partial charge in [0.25, 0.3) is 0 Å². The van der Waals surface area contributed by atoms with Crippen LogP contribution in [-0.4, -0.2) is 76.4 Å². The summed E-state index contributed by atoms with van der Waals surface area (Å²) in [6.45, 7) is 8.89. The van der Waals surface area contributed by atoms with Crippen LogP contribution in [-0.2, 0) is 23.9 Å². The number of fused-ring (bicyclic) bond motifs is 1. The number of carboxylic acid groups (broad SMARTS) is 2. The van der Waals surface area contributed by atoms with Gasteiger partial charge in [-0.3, -0.25) is 9.59 Å². The Kier molecular flexibility index (Phi) is 8.81. The number of aliphatic carboxylic acids is 2. The molecule has 214 valence electrons. The van der Waals surface area contributed by atoms with Crippen LogP contribution in [0.1, 0.15) is 45.7 Å². The zero-order valence-corrected chi connectivity index (χ0v) is 22.8. The Hall–Kier alpha value is -4.09. The van der Waals surface area contributed by atoms with E-state index in [0.29, 0.717) is 17.3 Å². The second kappa shape index (κ2) is 11.6. The number of aryl methyl sites for hydroxylation is 2. The van der Waals surface area contributed by atoms with Gasteiger partial charge in [0.05, 0.1) is 12.7 Å². The Balaban J connectivity index is 0.000000302. The van der Waals surface area contributed by atoms with Gasteiger partial charge in [-0.2, -0.15) is 0 Å². The molecule has 1 aliphatic heterocycles. The minimum atomic E-state index is -3.36. The molecule has 2 aromatic rings. The van der Waals surface area contributed by atoms with Gasteiger partial charge < -0.3 is 30.1 Å². The lowest BCUT2D eigenvalue weighted by molar-refractivity contribution is -0.176. The van der Waals surface area contributed by atoms with E-state index < -0.39 is 35.4 Å². The van der Waals surface area contributed by atoms with Crippen LogP contribution in [0.4, 0.5) is 0 Å². The molecule has 0 unspecified atom stereocenters. The predicted octanol–water partition coefficient (Wildman–Crippen LogP) is 2.02. The normalized spacial score (nSPS) is 22.3. The molecule has 0 spiro atoms. The van der Waals surface area contributed by atoms with Gasteiger partial charge >= 0.3 is 29.5 Å². The number of piperidine rings is 1. The fourth-order valence-corrected chi connectivity index (χ4v) is 5.05. The molecule has 0 bridgehead atoms. The molecule has 11 heteroatoms. The Morgan fingerprint density at radius 1 is 0.925 bits per heavy atom. The van der Waals surface area contributed by atoms with E-state index in [1.165, 1.54) is 43.5 Å². The van der Waals surface area contributed by atoms with Crippen LogP contribution in [0.25, 0.3) is 0 Å². The predicted molar refractivity (Wildman–Crippen MR) is 141 cm³/mol. The Morgan fingerprint density at radius 2 is 1.43 bits per heavy atom. The maximum atomic E-state index is 12.9. The molecular formula is C29H33NO10. The van der Waals surface area contributed by atoms with E-state index >= 15 is 0 Å². The summed E-state index contributed by atoms with van der Waals surface area (Å²) in [5.74, 6) is -5.67. The van der Waals surface area contributed by atoms with E-state index in [1.54, 1.807) is 26.0 Å². The first-order chi connectivity index (χ1) is 18.7. The van der Waals surface area contributed by atoms with Crippen LogP contribution in [0.2, 0.25) is 0 Å². The third-order valence-electron chi connectivity index (χ3n) is 7.64. The van der Waals surface area contributed by atoms with E-state index in [0.717, 1.165) is 17.7 Å². The molecule has 4 N–H and O–H groups in total. The number of hydrogen-bond acceptors (Lipinski definition) is 9. The smallest absolute Gasteiger partial charge is 0.360 e. The van der Waals surface area contributed by atoms with Crippen LogP contribution in [0.3, 0.4) is 0 Å². The van der Waals surface area contributed by atoms with E-state index in [1.807, 2.05) is 0 Å². The minimum Gasteiger partial charge on any atom is -0.479 e. The zero-order valence-electron chi connectivity index (χ0n) is 22.8. The number of Topliss-reactive ketones (excluding diaryl/α,β-unsaturated/α-hetero) is 1. The lowest BCUT2D eigenvalue weighted by Gasteiger charge is -2.30. The number of ether oxygens (including phenoxy) is 2. The van der Waals surface area contributed by atoms with Gasteiger partial charge in [-0.15, -0.1) is 0 Å². The lowest BCUT2D eigenvalue weighted by atomic mass is 9.86. The summed E-state index contributed by atoms with van der Waals surface area (Å²) in [6.07, 6.45) is -2.83. The standard InChI is InChI=1S/C20H18O8.C9H15NO2/c1-11-3-7-13(8-4-11)15(21)20(19(26)27,16(22)17(23)24)28-18(25)14-9-5-12(2)6-10-14;1-9(2)5-4-10-7(6(5)9)8(11)12-3/h3-10,16,22H,1-2H3,(H,23,24)(H,26,27);5-7,10H,4H2,1-3H3/t16-,20+;5-,6-,7-/m10/s1. The average Bonchev–Trinajstić information content (AvgIpc) is 3.23. The number of carboxylic acids is 2. The fraction of sp³-hybridized carbons (Fsp3) is 0.414. The van der Waals surface area contributed by atoms with Crippen molar-refractivity contribution in [2.45, 2.75) is 45.4 Å². The zero-order chi connectivity index (χ0) is 30.0. The highest BCUT2D eigenvalue weighted by molar-refractivity contribution is 6.19. The van der Waals surface area contributed by atoms with Gasteiger partial charge in [0.15, 0.2) is 0 Å². The van der Waals surface area contributed by atoms with Gasteiger partial charge in [0, 0.05) is 5.56 Å². The average molecular weight is 556 g/mol. The molecule has 0 amide bonds. The van der Waals surface area contributed by atoms with E-state index in [2.05, 4.69) is 19.2 Å². The number of esters is 2. The Bertz CT molecular complexity index is 1300. The van der Waals surface area contributed by atoms with Gasteiger partial charge in [-0.05, 0) is 49.8 Å². The summed E-state index contributed by atoms with van der Waals surface area (Å²) in [4.78, 5) is 59.9. The van der Waals surface area contributed by atoms with Crippen molar-refractivity contribution in [3.05, 3.63) is 70.8 Å². The number of aliphatic hydroxyl groups is 1. The largest absolute Gasteiger partial charge is 0.479 e. The molecule has 1 saturated carbocycles. The summed E-state index contributed by atoms with van der Waals surface area (Å²) in [7, 11) is 1.45. The maximum absolute atomic E-state index is 12.9. The number of benzene rings is 2. The van der Waals surface area contributed by atoms with Crippen molar-refractivity contribution in [1.29, 1.82) is 0 Å². The molecule has 1 saturated heterocycles. The third-order valence-corrected chi connectivity index (χ3v) is 7.64. The molecule has 2 aromatic carbocycles. The second-order valence-electron chi connectivity index (χ2n) is 10.6. The number of rotatable bonds is 8. The monoisotopic (exact) mass is 555 g/mol. The quantitative estimate of drug-likeness (QED) is 0.213. The van der Waals surface area contributed by atoms with E-state index in [4.69, 9.17) is 14.6 Å². The SMILES string of the molecule is COC(=O)[C@H]1NC[C@H]2[C@@H]1C2(C)C.Cc1ccc(C(=O)O[C@@](C(=O)O)(C(=O)c2ccc(C)cc2)[C@H](O)C(=O)O)cc1. The highest BCUT2D eigenvalue weighted by Crippen LogP contribution is 2.62. The molecule has 40 heavy (non-hydrogen) atoms. The molecule has 4 rings (SSSR count). The minimum absolute atomic E-state index is 0.0463. The number of hydrogen-bond donors (Lipinski definition) is 4. The summed E-state index contributed by atoms with van der Waals surface area (Å²) in [6, 6.07) is 11.2. The first-order valence-corrected chi connectivity index (χ1v) is 12.5. The molecular weight excluding hydrogens is 522 g/mol. The Labute approximate surface area is 231 Å². The van der Waals surface area contributed by atoms with Crippen molar-refractivity contribution in [2.24, 2.45) is 17.3 Å². The van der Waals surface area contributed by atoms with Crippen molar-refractivity contribution in [3.8, 4) is 0 Å². The summed E-state index contributed by atoms with van der Waals surface area (Å²) in [5.41, 5.74) is -1.78. The number of ketones is 1. The molecule has 1 heterocycles. The van der Waals surface area contributed by atoms with Crippen molar-refractivity contribution in [2.75, 3.05) is 13.7 Å². The third kappa shape index (κ3) is 5.75. The van der Waals surface area contributed by atoms with Crippen molar-refractivity contribution >= 4 is 29.7 Å². The number of aliphatic hydroxyl groups excluding tert-OH is 1. The highest BCUT2D eigenvalue weighted by atomic mass is 16.6.